The Bertz CT molecular complexity index is 1280. The van der Waals surface area contributed by atoms with Crippen molar-refractivity contribution in [3.63, 3.8) is 0 Å². The molecule has 0 amide bonds. The molecule has 0 atom stereocenters. The molecule has 5 aromatic rings. The molecular weight excluding hydrogens is 375 g/mol. The molecular formula is C28H26BN2. The Labute approximate surface area is 185 Å². The van der Waals surface area contributed by atoms with Crippen LogP contribution >= 0.6 is 0 Å². The van der Waals surface area contributed by atoms with E-state index in [-0.39, 0.29) is 5.41 Å². The van der Waals surface area contributed by atoms with E-state index in [1.807, 2.05) is 0 Å². The van der Waals surface area contributed by atoms with E-state index in [4.69, 9.17) is 0 Å². The largest absolute Gasteiger partial charge is 0.401 e. The number of benzene rings is 4. The van der Waals surface area contributed by atoms with Crippen LogP contribution in [-0.2, 0) is 5.41 Å². The highest BCUT2D eigenvalue weighted by Gasteiger charge is 2.19. The molecule has 0 saturated heterocycles. The van der Waals surface area contributed by atoms with E-state index < -0.39 is 0 Å². The Morgan fingerprint density at radius 1 is 0.581 bits per heavy atom. The Morgan fingerprint density at radius 2 is 1.06 bits per heavy atom. The van der Waals surface area contributed by atoms with Crippen molar-refractivity contribution in [1.82, 2.24) is 4.48 Å². The van der Waals surface area contributed by atoms with Gasteiger partial charge in [0.05, 0.1) is 0 Å². The number of hydrogen-bond acceptors (Lipinski definition) is 1. The normalized spacial score (nSPS) is 11.7. The van der Waals surface area contributed by atoms with Crippen LogP contribution in [0.25, 0.3) is 21.8 Å². The Morgan fingerprint density at radius 3 is 1.61 bits per heavy atom. The summed E-state index contributed by atoms with van der Waals surface area (Å²) >= 11 is 0. The number of hydrogen-bond donors (Lipinski definition) is 0. The van der Waals surface area contributed by atoms with Crippen LogP contribution < -0.4 is 4.81 Å². The summed E-state index contributed by atoms with van der Waals surface area (Å²) in [7, 11) is 2.21. The van der Waals surface area contributed by atoms with E-state index >= 15 is 0 Å². The summed E-state index contributed by atoms with van der Waals surface area (Å²) in [5.74, 6) is 0. The minimum Gasteiger partial charge on any atom is -0.369 e. The fraction of sp³-hybridized carbons (Fsp3) is 0.143. The lowest BCUT2D eigenvalue weighted by Gasteiger charge is -2.27. The van der Waals surface area contributed by atoms with Crippen LogP contribution in [0.15, 0.2) is 103 Å². The molecule has 5 rings (SSSR count). The molecule has 0 N–H and O–H groups in total. The molecule has 0 aliphatic heterocycles. The molecule has 0 saturated carbocycles. The van der Waals surface area contributed by atoms with Crippen molar-refractivity contribution in [2.75, 3.05) is 4.81 Å². The third kappa shape index (κ3) is 3.61. The summed E-state index contributed by atoms with van der Waals surface area (Å²) in [6.07, 6.45) is 0. The molecule has 0 spiro atoms. The summed E-state index contributed by atoms with van der Waals surface area (Å²) < 4.78 is 2.30. The van der Waals surface area contributed by atoms with Gasteiger partial charge in [0.1, 0.15) is 0 Å². The fourth-order valence-corrected chi connectivity index (χ4v) is 4.19. The molecule has 0 aliphatic carbocycles. The van der Waals surface area contributed by atoms with E-state index in [0.717, 1.165) is 11.4 Å². The third-order valence-corrected chi connectivity index (χ3v) is 5.89. The maximum absolute atomic E-state index is 2.30. The molecule has 0 aliphatic rings. The van der Waals surface area contributed by atoms with Crippen LogP contribution in [0.3, 0.4) is 0 Å². The summed E-state index contributed by atoms with van der Waals surface area (Å²) in [5.41, 5.74) is 6.15. The topological polar surface area (TPSA) is 8.17 Å². The van der Waals surface area contributed by atoms with Crippen LogP contribution in [0, 0.1) is 0 Å². The Balaban J connectivity index is 1.65. The van der Waals surface area contributed by atoms with Gasteiger partial charge in [0, 0.05) is 33.2 Å². The summed E-state index contributed by atoms with van der Waals surface area (Å²) in [5, 5.41) is 2.54. The average Bonchev–Trinajstić information content (AvgIpc) is 3.11. The zero-order valence-corrected chi connectivity index (χ0v) is 18.3. The highest BCUT2D eigenvalue weighted by molar-refractivity contribution is 6.46. The van der Waals surface area contributed by atoms with Gasteiger partial charge in [-0.05, 0) is 47.4 Å². The van der Waals surface area contributed by atoms with Crippen LogP contribution in [0.4, 0.5) is 11.4 Å². The number of anilines is 2. The van der Waals surface area contributed by atoms with Crippen LogP contribution in [-0.4, -0.2) is 12.0 Å². The predicted octanol–water partition coefficient (Wildman–Crippen LogP) is 7.31. The molecule has 3 heteroatoms. The van der Waals surface area contributed by atoms with Gasteiger partial charge in [0.2, 0.25) is 0 Å². The van der Waals surface area contributed by atoms with E-state index in [1.165, 1.54) is 27.4 Å². The number of rotatable bonds is 4. The first-order chi connectivity index (χ1) is 15.0. The average molecular weight is 401 g/mol. The molecule has 1 aromatic heterocycles. The van der Waals surface area contributed by atoms with Crippen molar-refractivity contribution in [1.29, 1.82) is 0 Å². The molecule has 1 heterocycles. The molecule has 1 radical (unpaired) electrons. The summed E-state index contributed by atoms with van der Waals surface area (Å²) in [6.45, 7) is 6.75. The maximum Gasteiger partial charge on any atom is 0.401 e. The minimum absolute atomic E-state index is 0.132. The summed E-state index contributed by atoms with van der Waals surface area (Å²) in [4.78, 5) is 2.27. The van der Waals surface area contributed by atoms with Gasteiger partial charge in [0.25, 0.3) is 0 Å². The zero-order chi connectivity index (χ0) is 21.4. The standard InChI is InChI=1S/C28H26BN2/c1-28(2,3)21-17-19-23(20-18-21)30(22-11-5-4-6-12-22)29-31-26-15-9-7-13-24(26)25-14-8-10-16-27(25)31/h4-20H,1-3H3. The van der Waals surface area contributed by atoms with Crippen LogP contribution in [0.1, 0.15) is 26.3 Å². The van der Waals surface area contributed by atoms with Gasteiger partial charge in [0.15, 0.2) is 0 Å². The van der Waals surface area contributed by atoms with E-state index in [2.05, 4.69) is 141 Å². The first-order valence-corrected chi connectivity index (χ1v) is 10.8. The predicted molar refractivity (Wildman–Crippen MR) is 134 cm³/mol. The molecule has 4 aromatic carbocycles. The Hall–Kier alpha value is -3.46. The third-order valence-electron chi connectivity index (χ3n) is 5.89. The SMILES string of the molecule is CC(C)(C)c1ccc(N([B]n2c3ccccc3c3ccccc32)c2ccccc2)cc1. The molecule has 2 nitrogen and oxygen atoms in total. The van der Waals surface area contributed by atoms with E-state index in [1.54, 1.807) is 0 Å². The smallest absolute Gasteiger partial charge is 0.369 e. The fourth-order valence-electron chi connectivity index (χ4n) is 4.19. The minimum atomic E-state index is 0.132. The van der Waals surface area contributed by atoms with Gasteiger partial charge in [-0.3, -0.25) is 0 Å². The maximum atomic E-state index is 2.30. The van der Waals surface area contributed by atoms with Gasteiger partial charge in [-0.1, -0.05) is 87.5 Å². The number of para-hydroxylation sites is 3. The number of aromatic nitrogens is 1. The second-order valence-corrected chi connectivity index (χ2v) is 9.02. The molecule has 0 fully saturated rings. The van der Waals surface area contributed by atoms with Gasteiger partial charge < -0.3 is 9.29 Å². The number of nitrogens with zero attached hydrogens (tertiary/aromatic N) is 2. The quantitative estimate of drug-likeness (QED) is 0.287. The van der Waals surface area contributed by atoms with Gasteiger partial charge in [-0.15, -0.1) is 0 Å². The van der Waals surface area contributed by atoms with E-state index in [9.17, 15) is 0 Å². The molecule has 0 unspecified atom stereocenters. The lowest BCUT2D eigenvalue weighted by atomic mass is 9.87. The lowest BCUT2D eigenvalue weighted by molar-refractivity contribution is 0.590. The van der Waals surface area contributed by atoms with Crippen molar-refractivity contribution < 1.29 is 0 Å². The molecule has 151 valence electrons. The lowest BCUT2D eigenvalue weighted by Crippen LogP contribution is -2.28. The Kier molecular flexibility index (Phi) is 4.82. The second-order valence-electron chi connectivity index (χ2n) is 9.02. The molecule has 0 bridgehead atoms. The van der Waals surface area contributed by atoms with Crippen LogP contribution in [0.5, 0.6) is 0 Å². The van der Waals surface area contributed by atoms with Crippen molar-refractivity contribution in [2.24, 2.45) is 0 Å². The van der Waals surface area contributed by atoms with Gasteiger partial charge in [-0.25, -0.2) is 0 Å². The zero-order valence-electron chi connectivity index (χ0n) is 18.3. The highest BCUT2D eigenvalue weighted by Crippen LogP contribution is 2.32. The first kappa shape index (κ1) is 19.5. The van der Waals surface area contributed by atoms with Crippen molar-refractivity contribution in [2.45, 2.75) is 26.2 Å². The van der Waals surface area contributed by atoms with Crippen LogP contribution in [0.2, 0.25) is 0 Å². The highest BCUT2D eigenvalue weighted by atomic mass is 15.1. The number of fused-ring (bicyclic) bond motifs is 3. The second kappa shape index (κ2) is 7.66. The van der Waals surface area contributed by atoms with Gasteiger partial charge >= 0.3 is 7.55 Å². The molecule has 31 heavy (non-hydrogen) atoms. The van der Waals surface area contributed by atoms with Crippen molar-refractivity contribution in [3.8, 4) is 0 Å². The monoisotopic (exact) mass is 401 g/mol. The summed E-state index contributed by atoms with van der Waals surface area (Å²) in [6, 6.07) is 36.7. The first-order valence-electron chi connectivity index (χ1n) is 10.8. The van der Waals surface area contributed by atoms with Gasteiger partial charge in [-0.2, -0.15) is 0 Å². The van der Waals surface area contributed by atoms with Crippen molar-refractivity contribution >= 4 is 40.7 Å². The van der Waals surface area contributed by atoms with Crippen molar-refractivity contribution in [3.05, 3.63) is 109 Å². The van der Waals surface area contributed by atoms with E-state index in [0.29, 0.717) is 0 Å².